The van der Waals surface area contributed by atoms with Gasteiger partial charge in [-0.3, -0.25) is 4.68 Å². The molecular formula is C12H12N4S. The lowest BCUT2D eigenvalue weighted by molar-refractivity contribution is 0.536. The molecule has 0 saturated heterocycles. The van der Waals surface area contributed by atoms with Crippen molar-refractivity contribution in [1.29, 1.82) is 0 Å². The molecule has 0 radical (unpaired) electrons. The summed E-state index contributed by atoms with van der Waals surface area (Å²) in [5, 5.41) is 6.26. The van der Waals surface area contributed by atoms with Crippen LogP contribution in [0.3, 0.4) is 0 Å². The van der Waals surface area contributed by atoms with Gasteiger partial charge in [0.2, 0.25) is 0 Å². The zero-order chi connectivity index (χ0) is 11.5. The third-order valence-corrected chi connectivity index (χ3v) is 3.45. The summed E-state index contributed by atoms with van der Waals surface area (Å²) in [6, 6.07) is 6.08. The van der Waals surface area contributed by atoms with Crippen molar-refractivity contribution >= 4 is 11.3 Å². The summed E-state index contributed by atoms with van der Waals surface area (Å²) < 4.78 is 4.09. The number of aromatic nitrogens is 4. The van der Waals surface area contributed by atoms with Gasteiger partial charge in [0.05, 0.1) is 11.4 Å². The van der Waals surface area contributed by atoms with Crippen LogP contribution in [0, 0.1) is 0 Å². The van der Waals surface area contributed by atoms with E-state index < -0.39 is 0 Å². The van der Waals surface area contributed by atoms with Gasteiger partial charge in [-0.25, -0.2) is 4.98 Å². The molecule has 0 unspecified atom stereocenters. The molecule has 3 aromatic rings. The Morgan fingerprint density at radius 2 is 2.12 bits per heavy atom. The molecular weight excluding hydrogens is 232 g/mol. The molecule has 3 aromatic heterocycles. The lowest BCUT2D eigenvalue weighted by atomic mass is 10.4. The first kappa shape index (κ1) is 10.3. The summed E-state index contributed by atoms with van der Waals surface area (Å²) in [4.78, 5) is 5.61. The Morgan fingerprint density at radius 3 is 2.88 bits per heavy atom. The van der Waals surface area contributed by atoms with Gasteiger partial charge in [0.25, 0.3) is 0 Å². The highest BCUT2D eigenvalue weighted by atomic mass is 32.1. The summed E-state index contributed by atoms with van der Waals surface area (Å²) >= 11 is 1.71. The zero-order valence-corrected chi connectivity index (χ0v) is 10.0. The van der Waals surface area contributed by atoms with Crippen LogP contribution in [-0.2, 0) is 13.1 Å². The molecule has 0 fully saturated rings. The van der Waals surface area contributed by atoms with Crippen molar-refractivity contribution in [3.05, 3.63) is 48.4 Å². The Hall–Kier alpha value is -1.88. The zero-order valence-electron chi connectivity index (χ0n) is 9.23. The number of rotatable bonds is 4. The van der Waals surface area contributed by atoms with E-state index in [9.17, 15) is 0 Å². The lowest BCUT2D eigenvalue weighted by Gasteiger charge is -2.06. The molecule has 0 amide bonds. The van der Waals surface area contributed by atoms with E-state index in [1.54, 1.807) is 17.5 Å². The Balaban J connectivity index is 1.78. The Morgan fingerprint density at radius 1 is 1.12 bits per heavy atom. The molecule has 0 spiro atoms. The number of aryl methyl sites for hydroxylation is 2. The van der Waals surface area contributed by atoms with Crippen LogP contribution in [0.15, 0.2) is 48.4 Å². The number of thiophene rings is 1. The maximum atomic E-state index is 4.40. The molecule has 3 heterocycles. The van der Waals surface area contributed by atoms with E-state index in [4.69, 9.17) is 0 Å². The highest BCUT2D eigenvalue weighted by Gasteiger charge is 2.06. The molecule has 86 valence electrons. The Kier molecular flexibility index (Phi) is 2.75. The van der Waals surface area contributed by atoms with Crippen LogP contribution in [-0.4, -0.2) is 19.3 Å². The van der Waals surface area contributed by atoms with Crippen molar-refractivity contribution in [2.24, 2.45) is 0 Å². The van der Waals surface area contributed by atoms with Crippen molar-refractivity contribution < 1.29 is 0 Å². The molecule has 0 saturated carbocycles. The summed E-state index contributed by atoms with van der Waals surface area (Å²) in [7, 11) is 0. The molecule has 0 N–H and O–H groups in total. The van der Waals surface area contributed by atoms with E-state index in [1.165, 1.54) is 4.88 Å². The fourth-order valence-electron chi connectivity index (χ4n) is 1.76. The molecule has 0 aliphatic rings. The molecule has 0 aromatic carbocycles. The van der Waals surface area contributed by atoms with Crippen LogP contribution in [0.25, 0.3) is 10.7 Å². The first-order valence-corrected chi connectivity index (χ1v) is 6.34. The van der Waals surface area contributed by atoms with E-state index >= 15 is 0 Å². The first-order chi connectivity index (χ1) is 8.43. The number of imidazole rings is 1. The second-order valence-corrected chi connectivity index (χ2v) is 4.64. The fraction of sp³-hybridized carbons (Fsp3) is 0.167. The fourth-order valence-corrected chi connectivity index (χ4v) is 2.50. The van der Waals surface area contributed by atoms with E-state index in [0.717, 1.165) is 18.9 Å². The molecule has 5 heteroatoms. The van der Waals surface area contributed by atoms with Crippen molar-refractivity contribution in [1.82, 2.24) is 19.3 Å². The summed E-state index contributed by atoms with van der Waals surface area (Å²) in [5.41, 5.74) is 0. The van der Waals surface area contributed by atoms with Gasteiger partial charge in [-0.15, -0.1) is 11.3 Å². The van der Waals surface area contributed by atoms with Crippen molar-refractivity contribution in [2.75, 3.05) is 0 Å². The predicted octanol–water partition coefficient (Wildman–Crippen LogP) is 2.51. The van der Waals surface area contributed by atoms with Gasteiger partial charge >= 0.3 is 0 Å². The topological polar surface area (TPSA) is 35.6 Å². The summed E-state index contributed by atoms with van der Waals surface area (Å²) in [6.45, 7) is 1.75. The molecule has 0 aliphatic carbocycles. The second kappa shape index (κ2) is 4.55. The standard InChI is InChI=1S/C12H12N4S/c1-3-11(17-10-1)12-13-5-7-15(12)8-9-16-6-2-4-14-16/h1-7,10H,8-9H2. The molecule has 0 aliphatic heterocycles. The van der Waals surface area contributed by atoms with Crippen molar-refractivity contribution in [3.63, 3.8) is 0 Å². The van der Waals surface area contributed by atoms with E-state index in [1.807, 2.05) is 35.4 Å². The van der Waals surface area contributed by atoms with Crippen LogP contribution < -0.4 is 0 Å². The van der Waals surface area contributed by atoms with Crippen LogP contribution >= 0.6 is 11.3 Å². The van der Waals surface area contributed by atoms with Crippen LogP contribution in [0.5, 0.6) is 0 Å². The predicted molar refractivity (Wildman–Crippen MR) is 67.8 cm³/mol. The van der Waals surface area contributed by atoms with E-state index in [0.29, 0.717) is 0 Å². The molecule has 0 bridgehead atoms. The largest absolute Gasteiger partial charge is 0.328 e. The van der Waals surface area contributed by atoms with Gasteiger partial charge in [-0.05, 0) is 17.5 Å². The third kappa shape index (κ3) is 2.14. The minimum atomic E-state index is 0.863. The van der Waals surface area contributed by atoms with Crippen LogP contribution in [0.2, 0.25) is 0 Å². The SMILES string of the molecule is c1csc(-c2nccn2CCn2cccn2)c1. The minimum absolute atomic E-state index is 0.863. The number of hydrogen-bond donors (Lipinski definition) is 0. The van der Waals surface area contributed by atoms with E-state index in [-0.39, 0.29) is 0 Å². The van der Waals surface area contributed by atoms with Crippen molar-refractivity contribution in [3.8, 4) is 10.7 Å². The smallest absolute Gasteiger partial charge is 0.150 e. The van der Waals surface area contributed by atoms with Crippen LogP contribution in [0.4, 0.5) is 0 Å². The minimum Gasteiger partial charge on any atom is -0.328 e. The Bertz CT molecular complexity index is 565. The number of hydrogen-bond acceptors (Lipinski definition) is 3. The third-order valence-electron chi connectivity index (χ3n) is 2.59. The monoisotopic (exact) mass is 244 g/mol. The van der Waals surface area contributed by atoms with Crippen LogP contribution in [0.1, 0.15) is 0 Å². The summed E-state index contributed by atoms with van der Waals surface area (Å²) in [5.74, 6) is 1.03. The maximum absolute atomic E-state index is 4.40. The normalized spacial score (nSPS) is 10.8. The van der Waals surface area contributed by atoms with Gasteiger partial charge in [-0.2, -0.15) is 5.10 Å². The lowest BCUT2D eigenvalue weighted by Crippen LogP contribution is -2.07. The molecule has 0 atom stereocenters. The highest BCUT2D eigenvalue weighted by molar-refractivity contribution is 7.13. The number of nitrogens with zero attached hydrogens (tertiary/aromatic N) is 4. The van der Waals surface area contributed by atoms with Gasteiger partial charge in [-0.1, -0.05) is 6.07 Å². The van der Waals surface area contributed by atoms with Crippen molar-refractivity contribution in [2.45, 2.75) is 13.1 Å². The molecule has 4 nitrogen and oxygen atoms in total. The molecule has 3 rings (SSSR count). The van der Waals surface area contributed by atoms with Gasteiger partial charge in [0.1, 0.15) is 5.82 Å². The van der Waals surface area contributed by atoms with Gasteiger partial charge < -0.3 is 4.57 Å². The van der Waals surface area contributed by atoms with Gasteiger partial charge in [0.15, 0.2) is 0 Å². The molecule has 17 heavy (non-hydrogen) atoms. The maximum Gasteiger partial charge on any atom is 0.150 e. The average molecular weight is 244 g/mol. The first-order valence-electron chi connectivity index (χ1n) is 5.46. The average Bonchev–Trinajstić information content (AvgIpc) is 3.09. The van der Waals surface area contributed by atoms with Gasteiger partial charge in [0, 0.05) is 31.3 Å². The van der Waals surface area contributed by atoms with E-state index in [2.05, 4.69) is 26.1 Å². The summed E-state index contributed by atoms with van der Waals surface area (Å²) in [6.07, 6.45) is 7.63. The Labute approximate surface area is 103 Å². The quantitative estimate of drug-likeness (QED) is 0.707. The highest BCUT2D eigenvalue weighted by Crippen LogP contribution is 2.22. The second-order valence-electron chi connectivity index (χ2n) is 3.69.